The molecule has 0 radical (unpaired) electrons. The zero-order chi connectivity index (χ0) is 11.6. The minimum atomic E-state index is -0.221. The quantitative estimate of drug-likeness (QED) is 0.768. The standard InChI is InChI=1S/C11H18N4O/c1-3-11(4-6-12-7-5-11)10(16)9-8-15(2)14-13-9/h8,12H,3-7H2,1-2H3. The number of nitrogens with zero attached hydrogens (tertiary/aromatic N) is 3. The van der Waals surface area contributed by atoms with Crippen LogP contribution >= 0.6 is 0 Å². The van der Waals surface area contributed by atoms with Crippen molar-refractivity contribution in [3.05, 3.63) is 11.9 Å². The summed E-state index contributed by atoms with van der Waals surface area (Å²) in [6.45, 7) is 3.92. The lowest BCUT2D eigenvalue weighted by atomic mass is 9.72. The lowest BCUT2D eigenvalue weighted by molar-refractivity contribution is 0.0712. The predicted molar refractivity (Wildman–Crippen MR) is 60.2 cm³/mol. The van der Waals surface area contributed by atoms with E-state index in [2.05, 4.69) is 22.6 Å². The van der Waals surface area contributed by atoms with Crippen molar-refractivity contribution in [3.63, 3.8) is 0 Å². The average Bonchev–Trinajstić information content (AvgIpc) is 2.76. The summed E-state index contributed by atoms with van der Waals surface area (Å²) in [6, 6.07) is 0. The Morgan fingerprint density at radius 3 is 2.75 bits per heavy atom. The Kier molecular flexibility index (Phi) is 3.05. The third-order valence-corrected chi connectivity index (χ3v) is 3.55. The van der Waals surface area contributed by atoms with Gasteiger partial charge in [-0.15, -0.1) is 5.10 Å². The molecule has 1 aliphatic heterocycles. The van der Waals surface area contributed by atoms with Crippen LogP contribution in [0.15, 0.2) is 6.20 Å². The van der Waals surface area contributed by atoms with Gasteiger partial charge in [0.25, 0.3) is 0 Å². The molecule has 0 saturated carbocycles. The highest BCUT2D eigenvalue weighted by Gasteiger charge is 2.39. The summed E-state index contributed by atoms with van der Waals surface area (Å²) in [5.74, 6) is 0.157. The van der Waals surface area contributed by atoms with E-state index in [0.29, 0.717) is 5.69 Å². The highest BCUT2D eigenvalue weighted by molar-refractivity contribution is 5.98. The van der Waals surface area contributed by atoms with Gasteiger partial charge in [0, 0.05) is 12.5 Å². The molecule has 1 aliphatic rings. The molecule has 0 amide bonds. The van der Waals surface area contributed by atoms with Gasteiger partial charge in [-0.1, -0.05) is 12.1 Å². The third-order valence-electron chi connectivity index (χ3n) is 3.55. The first kappa shape index (κ1) is 11.3. The van der Waals surface area contributed by atoms with Gasteiger partial charge >= 0.3 is 0 Å². The summed E-state index contributed by atoms with van der Waals surface area (Å²) in [4.78, 5) is 12.4. The van der Waals surface area contributed by atoms with Crippen LogP contribution < -0.4 is 5.32 Å². The third kappa shape index (κ3) is 1.87. The second-order valence-electron chi connectivity index (χ2n) is 4.49. The predicted octanol–water partition coefficient (Wildman–Crippen LogP) is 0.778. The fourth-order valence-electron chi connectivity index (χ4n) is 2.37. The lowest BCUT2D eigenvalue weighted by Gasteiger charge is -2.34. The van der Waals surface area contributed by atoms with Crippen molar-refractivity contribution < 1.29 is 4.79 Å². The molecule has 1 aromatic rings. The van der Waals surface area contributed by atoms with Gasteiger partial charge in [0.15, 0.2) is 5.78 Å². The van der Waals surface area contributed by atoms with Gasteiger partial charge in [-0.25, -0.2) is 0 Å². The second kappa shape index (κ2) is 4.33. The maximum Gasteiger partial charge on any atom is 0.190 e. The summed E-state index contributed by atoms with van der Waals surface area (Å²) in [5, 5.41) is 11.0. The average molecular weight is 222 g/mol. The number of carbonyl (C=O) groups excluding carboxylic acids is 1. The van der Waals surface area contributed by atoms with Crippen molar-refractivity contribution in [1.82, 2.24) is 20.3 Å². The zero-order valence-corrected chi connectivity index (χ0v) is 9.86. The Morgan fingerprint density at radius 1 is 1.56 bits per heavy atom. The van der Waals surface area contributed by atoms with Crippen molar-refractivity contribution in [2.75, 3.05) is 13.1 Å². The van der Waals surface area contributed by atoms with E-state index >= 15 is 0 Å². The normalized spacial score (nSPS) is 19.6. The number of piperidine rings is 1. The molecule has 1 N–H and O–H groups in total. The molecule has 0 atom stereocenters. The van der Waals surface area contributed by atoms with Crippen LogP contribution in [-0.4, -0.2) is 33.9 Å². The number of Topliss-reactive ketones (excluding diaryl/α,β-unsaturated/α-hetero) is 1. The molecule has 1 fully saturated rings. The first-order chi connectivity index (χ1) is 7.68. The summed E-state index contributed by atoms with van der Waals surface area (Å²) in [6.07, 6.45) is 4.39. The Morgan fingerprint density at radius 2 is 2.25 bits per heavy atom. The van der Waals surface area contributed by atoms with Gasteiger partial charge in [-0.05, 0) is 32.4 Å². The van der Waals surface area contributed by atoms with Gasteiger partial charge in [0.1, 0.15) is 5.69 Å². The van der Waals surface area contributed by atoms with Crippen LogP contribution in [0, 0.1) is 5.41 Å². The van der Waals surface area contributed by atoms with Crippen LogP contribution in [0.5, 0.6) is 0 Å². The molecule has 2 heterocycles. The minimum Gasteiger partial charge on any atom is -0.317 e. The van der Waals surface area contributed by atoms with Gasteiger partial charge < -0.3 is 5.32 Å². The summed E-state index contributed by atoms with van der Waals surface area (Å²) in [5.41, 5.74) is 0.285. The first-order valence-electron chi connectivity index (χ1n) is 5.80. The molecule has 0 spiro atoms. The van der Waals surface area contributed by atoms with Gasteiger partial charge in [0.2, 0.25) is 0 Å². The molecular formula is C11H18N4O. The molecule has 88 valence electrons. The van der Waals surface area contributed by atoms with Crippen LogP contribution in [-0.2, 0) is 7.05 Å². The number of aromatic nitrogens is 3. The van der Waals surface area contributed by atoms with Crippen molar-refractivity contribution in [2.24, 2.45) is 12.5 Å². The number of hydrogen-bond acceptors (Lipinski definition) is 4. The number of hydrogen-bond donors (Lipinski definition) is 1. The fourth-order valence-corrected chi connectivity index (χ4v) is 2.37. The van der Waals surface area contributed by atoms with Crippen LogP contribution in [0.2, 0.25) is 0 Å². The minimum absolute atomic E-state index is 0.157. The first-order valence-corrected chi connectivity index (χ1v) is 5.80. The maximum absolute atomic E-state index is 12.4. The lowest BCUT2D eigenvalue weighted by Crippen LogP contribution is -2.42. The van der Waals surface area contributed by atoms with Crippen LogP contribution in [0.3, 0.4) is 0 Å². The summed E-state index contributed by atoms with van der Waals surface area (Å²) < 4.78 is 1.58. The van der Waals surface area contributed by atoms with Crippen molar-refractivity contribution in [2.45, 2.75) is 26.2 Å². The Labute approximate surface area is 95.2 Å². The van der Waals surface area contributed by atoms with E-state index < -0.39 is 0 Å². The van der Waals surface area contributed by atoms with E-state index in [1.807, 2.05) is 0 Å². The molecule has 0 unspecified atom stereocenters. The molecule has 0 aliphatic carbocycles. The number of rotatable bonds is 3. The molecular weight excluding hydrogens is 204 g/mol. The van der Waals surface area contributed by atoms with Crippen molar-refractivity contribution in [1.29, 1.82) is 0 Å². The molecule has 1 aromatic heterocycles. The van der Waals surface area contributed by atoms with Crippen LogP contribution in [0.4, 0.5) is 0 Å². The number of aryl methyl sites for hydroxylation is 1. The molecule has 2 rings (SSSR count). The van der Waals surface area contributed by atoms with Crippen LogP contribution in [0.25, 0.3) is 0 Å². The van der Waals surface area contributed by atoms with Gasteiger partial charge in [-0.2, -0.15) is 0 Å². The Balaban J connectivity index is 2.24. The zero-order valence-electron chi connectivity index (χ0n) is 9.86. The highest BCUT2D eigenvalue weighted by Crippen LogP contribution is 2.35. The van der Waals surface area contributed by atoms with E-state index in [0.717, 1.165) is 32.4 Å². The van der Waals surface area contributed by atoms with Crippen molar-refractivity contribution in [3.8, 4) is 0 Å². The second-order valence-corrected chi connectivity index (χ2v) is 4.49. The maximum atomic E-state index is 12.4. The largest absolute Gasteiger partial charge is 0.317 e. The summed E-state index contributed by atoms with van der Waals surface area (Å²) >= 11 is 0. The molecule has 0 aromatic carbocycles. The van der Waals surface area contributed by atoms with Gasteiger partial charge in [-0.3, -0.25) is 9.48 Å². The van der Waals surface area contributed by atoms with E-state index in [4.69, 9.17) is 0 Å². The van der Waals surface area contributed by atoms with E-state index in [-0.39, 0.29) is 11.2 Å². The fraction of sp³-hybridized carbons (Fsp3) is 0.727. The Hall–Kier alpha value is -1.23. The summed E-state index contributed by atoms with van der Waals surface area (Å²) in [7, 11) is 1.78. The number of ketones is 1. The highest BCUT2D eigenvalue weighted by atomic mass is 16.1. The smallest absolute Gasteiger partial charge is 0.190 e. The topological polar surface area (TPSA) is 59.8 Å². The SMILES string of the molecule is CCC1(C(=O)c2cn(C)nn2)CCNCC1. The molecule has 16 heavy (non-hydrogen) atoms. The van der Waals surface area contributed by atoms with E-state index in [1.165, 1.54) is 0 Å². The molecule has 5 nitrogen and oxygen atoms in total. The molecule has 0 bridgehead atoms. The van der Waals surface area contributed by atoms with E-state index in [9.17, 15) is 4.79 Å². The van der Waals surface area contributed by atoms with Crippen LogP contribution in [0.1, 0.15) is 36.7 Å². The monoisotopic (exact) mass is 222 g/mol. The molecule has 5 heteroatoms. The number of carbonyl (C=O) groups is 1. The van der Waals surface area contributed by atoms with Crippen molar-refractivity contribution >= 4 is 5.78 Å². The Bertz CT molecular complexity index is 379. The number of nitrogens with one attached hydrogen (secondary N) is 1. The van der Waals surface area contributed by atoms with Gasteiger partial charge in [0.05, 0.1) is 6.20 Å². The van der Waals surface area contributed by atoms with E-state index in [1.54, 1.807) is 17.9 Å². The molecule has 1 saturated heterocycles.